The molecule has 1 aliphatic heterocycles. The van der Waals surface area contributed by atoms with Gasteiger partial charge in [-0.25, -0.2) is 9.78 Å². The van der Waals surface area contributed by atoms with Crippen molar-refractivity contribution in [3.8, 4) is 16.9 Å². The quantitative estimate of drug-likeness (QED) is 0.377. The van der Waals surface area contributed by atoms with Gasteiger partial charge in [0, 0.05) is 37.4 Å². The van der Waals surface area contributed by atoms with Crippen molar-refractivity contribution in [2.24, 2.45) is 0 Å². The van der Waals surface area contributed by atoms with Crippen LogP contribution in [0.2, 0.25) is 0 Å². The summed E-state index contributed by atoms with van der Waals surface area (Å²) in [5, 5.41) is 5.84. The van der Waals surface area contributed by atoms with Crippen molar-refractivity contribution in [2.75, 3.05) is 26.7 Å². The summed E-state index contributed by atoms with van der Waals surface area (Å²) in [5.74, 6) is 1.16. The van der Waals surface area contributed by atoms with Gasteiger partial charge in [-0.05, 0) is 54.5 Å². The van der Waals surface area contributed by atoms with Crippen molar-refractivity contribution in [1.82, 2.24) is 15.2 Å². The number of piperidine rings is 1. The Morgan fingerprint density at radius 3 is 2.63 bits per heavy atom. The fourth-order valence-electron chi connectivity index (χ4n) is 4.46. The molecule has 7 heteroatoms. The molecular formula is C28H33N3O3S. The fraction of sp³-hybridized carbons (Fsp3) is 0.393. The lowest BCUT2D eigenvalue weighted by atomic mass is 9.95. The number of aromatic nitrogens is 1. The lowest BCUT2D eigenvalue weighted by molar-refractivity contribution is 0.0978. The minimum atomic E-state index is 0.0210. The van der Waals surface area contributed by atoms with Gasteiger partial charge in [-0.1, -0.05) is 43.3 Å². The predicted octanol–water partition coefficient (Wildman–Crippen LogP) is 5.93. The van der Waals surface area contributed by atoms with Crippen LogP contribution < -0.4 is 10.1 Å². The number of benzene rings is 2. The number of rotatable bonds is 9. The van der Waals surface area contributed by atoms with Crippen molar-refractivity contribution in [3.05, 3.63) is 70.2 Å². The van der Waals surface area contributed by atoms with E-state index in [1.54, 1.807) is 18.4 Å². The van der Waals surface area contributed by atoms with Crippen molar-refractivity contribution in [3.63, 3.8) is 0 Å². The number of nitrogens with one attached hydrogen (secondary N) is 1. The van der Waals surface area contributed by atoms with Gasteiger partial charge in [0.2, 0.25) is 0 Å². The Hall–Kier alpha value is -3.19. The van der Waals surface area contributed by atoms with Gasteiger partial charge in [0.25, 0.3) is 0 Å². The highest BCUT2D eigenvalue weighted by Gasteiger charge is 2.26. The summed E-state index contributed by atoms with van der Waals surface area (Å²) in [7, 11) is 1.66. The van der Waals surface area contributed by atoms with E-state index in [2.05, 4.69) is 23.5 Å². The van der Waals surface area contributed by atoms with Crippen LogP contribution in [-0.2, 0) is 6.42 Å². The summed E-state index contributed by atoms with van der Waals surface area (Å²) in [4.78, 5) is 31.8. The second-order valence-electron chi connectivity index (χ2n) is 8.88. The maximum Gasteiger partial charge on any atom is 0.317 e. The number of hydrogen-bond donors (Lipinski definition) is 1. The van der Waals surface area contributed by atoms with Gasteiger partial charge >= 0.3 is 6.03 Å². The molecule has 0 atom stereocenters. The fourth-order valence-corrected chi connectivity index (χ4v) is 5.45. The predicted molar refractivity (Wildman–Crippen MR) is 140 cm³/mol. The molecule has 0 bridgehead atoms. The molecular weight excluding hydrogens is 458 g/mol. The summed E-state index contributed by atoms with van der Waals surface area (Å²) in [6.45, 7) is 4.20. The van der Waals surface area contributed by atoms with E-state index >= 15 is 0 Å². The van der Waals surface area contributed by atoms with Gasteiger partial charge in [-0.2, -0.15) is 0 Å². The third-order valence-electron chi connectivity index (χ3n) is 6.48. The van der Waals surface area contributed by atoms with Crippen LogP contribution in [0.15, 0.2) is 53.9 Å². The average Bonchev–Trinajstić information content (AvgIpc) is 3.41. The molecule has 1 aliphatic rings. The Kier molecular flexibility index (Phi) is 8.53. The number of Topliss-reactive ketones (excluding diaryl/α,β-unsaturated/α-hetero) is 1. The second-order valence-corrected chi connectivity index (χ2v) is 9.77. The first kappa shape index (κ1) is 24.9. The lowest BCUT2D eigenvalue weighted by Crippen LogP contribution is -2.44. The first-order valence-electron chi connectivity index (χ1n) is 12.3. The summed E-state index contributed by atoms with van der Waals surface area (Å²) in [5.41, 5.74) is 3.89. The lowest BCUT2D eigenvalue weighted by Gasteiger charge is -2.31. The molecule has 184 valence electrons. The van der Waals surface area contributed by atoms with E-state index in [4.69, 9.17) is 9.72 Å². The van der Waals surface area contributed by atoms with Gasteiger partial charge in [0.05, 0.1) is 12.1 Å². The van der Waals surface area contributed by atoms with Crippen molar-refractivity contribution in [1.29, 1.82) is 0 Å². The molecule has 1 aromatic heterocycles. The number of amides is 2. The maximum atomic E-state index is 13.0. The highest BCUT2D eigenvalue weighted by molar-refractivity contribution is 7.09. The van der Waals surface area contributed by atoms with Crippen LogP contribution in [0.4, 0.5) is 4.79 Å². The zero-order valence-corrected chi connectivity index (χ0v) is 21.3. The van der Waals surface area contributed by atoms with Crippen molar-refractivity contribution < 1.29 is 14.3 Å². The second kappa shape index (κ2) is 12.0. The molecule has 4 rings (SSSR count). The minimum absolute atomic E-state index is 0.0210. The molecule has 2 heterocycles. The first-order chi connectivity index (χ1) is 17.1. The molecule has 0 aliphatic carbocycles. The zero-order valence-electron chi connectivity index (χ0n) is 20.5. The van der Waals surface area contributed by atoms with Gasteiger partial charge in [-0.3, -0.25) is 4.79 Å². The molecule has 2 aromatic carbocycles. The number of methoxy groups -OCH3 is 1. The number of carbonyl (C=O) groups is 2. The molecule has 0 saturated carbocycles. The number of urea groups is 1. The molecule has 1 fully saturated rings. The van der Waals surface area contributed by atoms with E-state index < -0.39 is 0 Å². The Balaban J connectivity index is 1.37. The standard InChI is InChI=1S/C28H33N3O3S/c1-3-15-29-28(33)31-16-13-21(14-17-31)27-30-25(19-35-27)26(32)12-9-22-18-23(34-2)10-11-24(22)20-7-5-4-6-8-20/h4-8,10-11,18-19,21H,3,9,12-17H2,1-2H3,(H,29,33). The van der Waals surface area contributed by atoms with Crippen LogP contribution in [0, 0.1) is 0 Å². The Bertz CT molecular complexity index is 1140. The highest BCUT2D eigenvalue weighted by Crippen LogP contribution is 2.32. The van der Waals surface area contributed by atoms with E-state index in [0.29, 0.717) is 31.0 Å². The Morgan fingerprint density at radius 2 is 1.91 bits per heavy atom. The van der Waals surface area contributed by atoms with Gasteiger partial charge in [-0.15, -0.1) is 11.3 Å². The van der Waals surface area contributed by atoms with Crippen LogP contribution in [0.1, 0.15) is 59.6 Å². The van der Waals surface area contributed by atoms with Crippen LogP contribution in [-0.4, -0.2) is 48.4 Å². The van der Waals surface area contributed by atoms with E-state index in [1.165, 1.54) is 0 Å². The summed E-state index contributed by atoms with van der Waals surface area (Å²) in [6.07, 6.45) is 3.71. The van der Waals surface area contributed by atoms with E-state index in [9.17, 15) is 9.59 Å². The maximum absolute atomic E-state index is 13.0. The smallest absolute Gasteiger partial charge is 0.317 e. The van der Waals surface area contributed by atoms with Gasteiger partial charge in [0.15, 0.2) is 5.78 Å². The number of carbonyl (C=O) groups excluding carboxylic acids is 2. The molecule has 2 amide bonds. The molecule has 0 unspecified atom stereocenters. The van der Waals surface area contributed by atoms with Gasteiger partial charge < -0.3 is 15.0 Å². The topological polar surface area (TPSA) is 71.5 Å². The number of ketones is 1. The molecule has 6 nitrogen and oxygen atoms in total. The first-order valence-corrected chi connectivity index (χ1v) is 13.2. The SMILES string of the molecule is CCCNC(=O)N1CCC(c2nc(C(=O)CCc3cc(OC)ccc3-c3ccccc3)cs2)CC1. The number of likely N-dealkylation sites (tertiary alicyclic amines) is 1. The Morgan fingerprint density at radius 1 is 1.14 bits per heavy atom. The molecule has 1 N–H and O–H groups in total. The van der Waals surface area contributed by atoms with E-state index in [0.717, 1.165) is 59.8 Å². The highest BCUT2D eigenvalue weighted by atomic mass is 32.1. The third-order valence-corrected chi connectivity index (χ3v) is 7.49. The zero-order chi connectivity index (χ0) is 24.6. The summed E-state index contributed by atoms with van der Waals surface area (Å²) >= 11 is 1.56. The molecule has 0 radical (unpaired) electrons. The largest absolute Gasteiger partial charge is 0.497 e. The monoisotopic (exact) mass is 491 g/mol. The van der Waals surface area contributed by atoms with E-state index in [-0.39, 0.29) is 11.8 Å². The van der Waals surface area contributed by atoms with Crippen molar-refractivity contribution >= 4 is 23.2 Å². The number of ether oxygens (including phenoxy) is 1. The molecule has 35 heavy (non-hydrogen) atoms. The van der Waals surface area contributed by atoms with Crippen molar-refractivity contribution in [2.45, 2.75) is 44.9 Å². The van der Waals surface area contributed by atoms with Crippen LogP contribution in [0.5, 0.6) is 5.75 Å². The average molecular weight is 492 g/mol. The number of thiazole rings is 1. The molecule has 1 saturated heterocycles. The number of nitrogens with zero attached hydrogens (tertiary/aromatic N) is 2. The number of aryl methyl sites for hydroxylation is 1. The van der Waals surface area contributed by atoms with Gasteiger partial charge in [0.1, 0.15) is 11.4 Å². The molecule has 3 aromatic rings. The summed E-state index contributed by atoms with van der Waals surface area (Å²) < 4.78 is 5.43. The third kappa shape index (κ3) is 6.28. The normalized spacial score (nSPS) is 14.1. The summed E-state index contributed by atoms with van der Waals surface area (Å²) in [6, 6.07) is 16.3. The number of hydrogen-bond acceptors (Lipinski definition) is 5. The Labute approximate surface area is 211 Å². The van der Waals surface area contributed by atoms with Crippen LogP contribution >= 0.6 is 11.3 Å². The molecule has 0 spiro atoms. The van der Waals surface area contributed by atoms with Crippen LogP contribution in [0.25, 0.3) is 11.1 Å². The minimum Gasteiger partial charge on any atom is -0.497 e. The van der Waals surface area contributed by atoms with E-state index in [1.807, 2.05) is 47.5 Å². The van der Waals surface area contributed by atoms with Crippen LogP contribution in [0.3, 0.4) is 0 Å².